The number of nitrogens with one attached hydrogen (secondary N) is 1. The predicted molar refractivity (Wildman–Crippen MR) is 67.6 cm³/mol. The molecule has 0 aromatic rings. The van der Waals surface area contributed by atoms with Crippen molar-refractivity contribution in [2.75, 3.05) is 13.2 Å². The second-order valence-corrected chi connectivity index (χ2v) is 5.05. The van der Waals surface area contributed by atoms with Crippen LogP contribution in [0.2, 0.25) is 0 Å². The zero-order valence-electron chi connectivity index (χ0n) is 10.3. The molecule has 92 valence electrons. The number of hydrogen-bond donors (Lipinski definition) is 1. The van der Waals surface area contributed by atoms with Gasteiger partial charge in [0.15, 0.2) is 0 Å². The van der Waals surface area contributed by atoms with Crippen LogP contribution in [-0.4, -0.2) is 25.3 Å². The van der Waals surface area contributed by atoms with E-state index in [1.165, 1.54) is 51.4 Å². The molecule has 1 aliphatic heterocycles. The highest BCUT2D eigenvalue weighted by Gasteiger charge is 2.19. The quantitative estimate of drug-likeness (QED) is 0.504. The summed E-state index contributed by atoms with van der Waals surface area (Å²) >= 11 is 0. The Hall–Kier alpha value is -0.340. The van der Waals surface area contributed by atoms with Crippen molar-refractivity contribution in [3.8, 4) is 0 Å². The van der Waals surface area contributed by atoms with Gasteiger partial charge in [0.05, 0.1) is 6.10 Å². The van der Waals surface area contributed by atoms with Crippen molar-refractivity contribution in [2.45, 2.75) is 63.5 Å². The minimum Gasteiger partial charge on any atom is -0.378 e. The van der Waals surface area contributed by atoms with Crippen LogP contribution in [0.1, 0.15) is 51.4 Å². The van der Waals surface area contributed by atoms with E-state index >= 15 is 0 Å². The highest BCUT2D eigenvalue weighted by atomic mass is 16.5. The van der Waals surface area contributed by atoms with E-state index in [1.54, 1.807) is 0 Å². The summed E-state index contributed by atoms with van der Waals surface area (Å²) in [5.41, 5.74) is 0. The molecule has 1 unspecified atom stereocenters. The van der Waals surface area contributed by atoms with E-state index in [4.69, 9.17) is 4.74 Å². The highest BCUT2D eigenvalue weighted by molar-refractivity contribution is 4.85. The van der Waals surface area contributed by atoms with Gasteiger partial charge in [-0.05, 0) is 57.9 Å². The van der Waals surface area contributed by atoms with Crippen molar-refractivity contribution in [1.82, 2.24) is 5.32 Å². The lowest BCUT2D eigenvalue weighted by atomic mass is 10.1. The first-order valence-electron chi connectivity index (χ1n) is 6.95. The largest absolute Gasteiger partial charge is 0.378 e. The van der Waals surface area contributed by atoms with E-state index in [9.17, 15) is 0 Å². The van der Waals surface area contributed by atoms with Gasteiger partial charge in [-0.2, -0.15) is 0 Å². The first-order chi connectivity index (χ1) is 7.95. The highest BCUT2D eigenvalue weighted by Crippen LogP contribution is 2.18. The van der Waals surface area contributed by atoms with Crippen LogP contribution in [0.5, 0.6) is 0 Å². The van der Waals surface area contributed by atoms with Crippen molar-refractivity contribution in [3.63, 3.8) is 0 Å². The number of unbranched alkanes of at least 4 members (excludes halogenated alkanes) is 1. The van der Waals surface area contributed by atoms with E-state index in [1.807, 2.05) is 0 Å². The second kappa shape index (κ2) is 7.08. The lowest BCUT2D eigenvalue weighted by molar-refractivity contribution is 0.103. The van der Waals surface area contributed by atoms with E-state index in [0.717, 1.165) is 19.2 Å². The Morgan fingerprint density at radius 3 is 2.75 bits per heavy atom. The third kappa shape index (κ3) is 5.13. The zero-order chi connectivity index (χ0) is 11.1. The summed E-state index contributed by atoms with van der Waals surface area (Å²) in [6.45, 7) is 2.15. The molecule has 0 bridgehead atoms. The van der Waals surface area contributed by atoms with Gasteiger partial charge >= 0.3 is 0 Å². The number of ether oxygens (including phenoxy) is 1. The molecular weight excluding hydrogens is 198 g/mol. The summed E-state index contributed by atoms with van der Waals surface area (Å²) in [4.78, 5) is 0. The summed E-state index contributed by atoms with van der Waals surface area (Å²) < 4.78 is 5.60. The van der Waals surface area contributed by atoms with Gasteiger partial charge < -0.3 is 10.1 Å². The van der Waals surface area contributed by atoms with E-state index in [2.05, 4.69) is 17.5 Å². The van der Waals surface area contributed by atoms with Crippen LogP contribution in [0.25, 0.3) is 0 Å². The Balaban J connectivity index is 1.36. The van der Waals surface area contributed by atoms with Gasteiger partial charge in [-0.15, -0.1) is 0 Å². The maximum Gasteiger partial charge on any atom is 0.0576 e. The Kier molecular flexibility index (Phi) is 5.36. The molecule has 2 heteroatoms. The Morgan fingerprint density at radius 2 is 2.00 bits per heavy atom. The van der Waals surface area contributed by atoms with Crippen LogP contribution in [0, 0.1) is 0 Å². The Morgan fingerprint density at radius 1 is 1.12 bits per heavy atom. The molecule has 1 N–H and O–H groups in total. The summed E-state index contributed by atoms with van der Waals surface area (Å²) in [7, 11) is 0. The van der Waals surface area contributed by atoms with Crippen LogP contribution in [0.3, 0.4) is 0 Å². The first-order valence-corrected chi connectivity index (χ1v) is 6.95. The molecule has 16 heavy (non-hydrogen) atoms. The summed E-state index contributed by atoms with van der Waals surface area (Å²) in [5.74, 6) is 0. The summed E-state index contributed by atoms with van der Waals surface area (Å²) in [5, 5.41) is 3.52. The number of rotatable bonds is 8. The van der Waals surface area contributed by atoms with E-state index < -0.39 is 0 Å². The molecule has 0 aromatic heterocycles. The van der Waals surface area contributed by atoms with Gasteiger partial charge in [0.1, 0.15) is 0 Å². The minimum atomic E-state index is 0.574. The topological polar surface area (TPSA) is 21.3 Å². The minimum absolute atomic E-state index is 0.574. The molecule has 2 nitrogen and oxygen atoms in total. The van der Waals surface area contributed by atoms with Crippen molar-refractivity contribution >= 4 is 0 Å². The molecular formula is C14H25NO. The van der Waals surface area contributed by atoms with Gasteiger partial charge in [-0.3, -0.25) is 0 Å². The van der Waals surface area contributed by atoms with E-state index in [0.29, 0.717) is 6.10 Å². The van der Waals surface area contributed by atoms with Crippen molar-refractivity contribution in [1.29, 1.82) is 0 Å². The SMILES string of the molecule is C(=CCCNC1CC1)CCCC1CCCO1. The Labute approximate surface area is 99.4 Å². The van der Waals surface area contributed by atoms with Crippen LogP contribution >= 0.6 is 0 Å². The van der Waals surface area contributed by atoms with Gasteiger partial charge in [0.25, 0.3) is 0 Å². The molecule has 0 amide bonds. The maximum absolute atomic E-state index is 5.60. The van der Waals surface area contributed by atoms with Crippen LogP contribution in [0.4, 0.5) is 0 Å². The summed E-state index contributed by atoms with van der Waals surface area (Å²) in [6.07, 6.45) is 15.5. The molecule has 2 fully saturated rings. The molecule has 1 saturated carbocycles. The monoisotopic (exact) mass is 223 g/mol. The zero-order valence-corrected chi connectivity index (χ0v) is 10.3. The number of allylic oxidation sites excluding steroid dienone is 1. The molecule has 1 aliphatic carbocycles. The maximum atomic E-state index is 5.60. The summed E-state index contributed by atoms with van der Waals surface area (Å²) in [6, 6.07) is 0.855. The standard InChI is InChI=1S/C14H25NO/c1(3-5-11-15-13-9-10-13)2-4-7-14-8-6-12-16-14/h1,3,13-15H,2,4-12H2. The van der Waals surface area contributed by atoms with Crippen LogP contribution in [0.15, 0.2) is 12.2 Å². The fourth-order valence-corrected chi connectivity index (χ4v) is 2.23. The lowest BCUT2D eigenvalue weighted by Gasteiger charge is -2.06. The average molecular weight is 223 g/mol. The van der Waals surface area contributed by atoms with Crippen LogP contribution in [-0.2, 0) is 4.74 Å². The van der Waals surface area contributed by atoms with Gasteiger partial charge in [0.2, 0.25) is 0 Å². The molecule has 0 spiro atoms. The average Bonchev–Trinajstić information content (AvgIpc) is 2.97. The number of hydrogen-bond acceptors (Lipinski definition) is 2. The van der Waals surface area contributed by atoms with Gasteiger partial charge in [0, 0.05) is 12.6 Å². The molecule has 1 atom stereocenters. The lowest BCUT2D eigenvalue weighted by Crippen LogP contribution is -2.16. The molecule has 1 saturated heterocycles. The van der Waals surface area contributed by atoms with Crippen molar-refractivity contribution < 1.29 is 4.74 Å². The Bertz CT molecular complexity index is 205. The smallest absolute Gasteiger partial charge is 0.0576 e. The molecule has 2 rings (SSSR count). The first kappa shape index (κ1) is 12.1. The molecule has 0 aromatic carbocycles. The van der Waals surface area contributed by atoms with Gasteiger partial charge in [-0.1, -0.05) is 12.2 Å². The molecule has 1 heterocycles. The van der Waals surface area contributed by atoms with Gasteiger partial charge in [-0.25, -0.2) is 0 Å². The fourth-order valence-electron chi connectivity index (χ4n) is 2.23. The van der Waals surface area contributed by atoms with Crippen molar-refractivity contribution in [2.24, 2.45) is 0 Å². The van der Waals surface area contributed by atoms with Crippen LogP contribution < -0.4 is 5.32 Å². The normalized spacial score (nSPS) is 25.6. The fraction of sp³-hybridized carbons (Fsp3) is 0.857. The predicted octanol–water partition coefficient (Wildman–Crippen LogP) is 3.03. The van der Waals surface area contributed by atoms with E-state index in [-0.39, 0.29) is 0 Å². The van der Waals surface area contributed by atoms with Crippen molar-refractivity contribution in [3.05, 3.63) is 12.2 Å². The third-order valence-electron chi connectivity index (χ3n) is 3.41. The molecule has 2 aliphatic rings. The second-order valence-electron chi connectivity index (χ2n) is 5.05. The third-order valence-corrected chi connectivity index (χ3v) is 3.41. The molecule has 0 radical (unpaired) electrons.